The largest absolute Gasteiger partial charge is 0.477 e. The van der Waals surface area contributed by atoms with Crippen LogP contribution in [0.4, 0.5) is 0 Å². The fraction of sp³-hybridized carbons (Fsp3) is 0.583. The Bertz CT molecular complexity index is 560. The normalized spacial score (nSPS) is 12.3. The van der Waals surface area contributed by atoms with Crippen molar-refractivity contribution in [2.24, 2.45) is 0 Å². The minimum Gasteiger partial charge on any atom is -0.477 e. The molecule has 7 heteroatoms. The van der Waals surface area contributed by atoms with Gasteiger partial charge in [0.15, 0.2) is 0 Å². The Kier molecular flexibility index (Phi) is 5.11. The van der Waals surface area contributed by atoms with Crippen LogP contribution in [0.15, 0.2) is 10.3 Å². The lowest BCUT2D eigenvalue weighted by molar-refractivity contribution is 0.0701. The highest BCUT2D eigenvalue weighted by atomic mass is 32.2. The zero-order chi connectivity index (χ0) is 14.8. The van der Waals surface area contributed by atoms with E-state index in [0.29, 0.717) is 18.5 Å². The Balaban J connectivity index is 3.26. The van der Waals surface area contributed by atoms with E-state index in [1.165, 1.54) is 10.4 Å². The number of hydrogen-bond donors (Lipinski definition) is 1. The molecule has 1 aromatic heterocycles. The van der Waals surface area contributed by atoms with Crippen LogP contribution in [0.2, 0.25) is 0 Å². The second-order valence-corrected chi connectivity index (χ2v) is 7.76. The van der Waals surface area contributed by atoms with Crippen molar-refractivity contribution in [3.8, 4) is 0 Å². The molecule has 0 aliphatic rings. The van der Waals surface area contributed by atoms with Crippen LogP contribution in [0.25, 0.3) is 0 Å². The van der Waals surface area contributed by atoms with Crippen LogP contribution in [0.3, 0.4) is 0 Å². The average molecular weight is 305 g/mol. The van der Waals surface area contributed by atoms with E-state index in [9.17, 15) is 13.2 Å². The van der Waals surface area contributed by atoms with Crippen molar-refractivity contribution in [2.45, 2.75) is 44.4 Å². The van der Waals surface area contributed by atoms with Gasteiger partial charge in [-0.1, -0.05) is 6.92 Å². The third-order valence-corrected chi connectivity index (χ3v) is 6.42. The molecule has 1 N–H and O–H groups in total. The van der Waals surface area contributed by atoms with Gasteiger partial charge in [0.1, 0.15) is 9.09 Å². The minimum atomic E-state index is -3.61. The second-order valence-electron chi connectivity index (χ2n) is 4.59. The number of carbonyl (C=O) groups is 1. The molecular weight excluding hydrogens is 286 g/mol. The smallest absolute Gasteiger partial charge is 0.346 e. The molecular formula is C12H19NO4S2. The molecule has 0 atom stereocenters. The minimum absolute atomic E-state index is 0.0822. The van der Waals surface area contributed by atoms with Crippen molar-refractivity contribution in [1.29, 1.82) is 0 Å². The van der Waals surface area contributed by atoms with Crippen LogP contribution in [0.1, 0.15) is 42.4 Å². The fourth-order valence-electron chi connectivity index (χ4n) is 1.78. The molecule has 0 saturated heterocycles. The van der Waals surface area contributed by atoms with Crippen LogP contribution in [-0.2, 0) is 10.0 Å². The van der Waals surface area contributed by atoms with Gasteiger partial charge in [-0.05, 0) is 38.8 Å². The number of carboxylic acid groups (broad SMARTS) is 1. The van der Waals surface area contributed by atoms with E-state index in [2.05, 4.69) is 0 Å². The Morgan fingerprint density at radius 1 is 1.47 bits per heavy atom. The third kappa shape index (κ3) is 3.34. The van der Waals surface area contributed by atoms with E-state index in [1.807, 2.05) is 20.8 Å². The van der Waals surface area contributed by atoms with E-state index in [-0.39, 0.29) is 15.1 Å². The molecule has 1 aromatic rings. The van der Waals surface area contributed by atoms with Gasteiger partial charge >= 0.3 is 5.97 Å². The predicted octanol–water partition coefficient (Wildman–Crippen LogP) is 2.56. The summed E-state index contributed by atoms with van der Waals surface area (Å²) in [7, 11) is -3.61. The topological polar surface area (TPSA) is 74.7 Å². The van der Waals surface area contributed by atoms with Crippen molar-refractivity contribution < 1.29 is 18.3 Å². The van der Waals surface area contributed by atoms with Gasteiger partial charge in [-0.3, -0.25) is 0 Å². The van der Waals surface area contributed by atoms with Gasteiger partial charge in [-0.25, -0.2) is 13.2 Å². The molecule has 0 radical (unpaired) electrons. The zero-order valence-corrected chi connectivity index (χ0v) is 13.1. The van der Waals surface area contributed by atoms with Crippen molar-refractivity contribution in [2.75, 3.05) is 6.54 Å². The van der Waals surface area contributed by atoms with E-state index < -0.39 is 16.0 Å². The number of aryl methyl sites for hydroxylation is 1. The Hall–Kier alpha value is -0.920. The first-order valence-electron chi connectivity index (χ1n) is 6.07. The molecule has 1 heterocycles. The summed E-state index contributed by atoms with van der Waals surface area (Å²) in [5, 5.41) is 9.00. The van der Waals surface area contributed by atoms with Crippen molar-refractivity contribution in [3.05, 3.63) is 16.5 Å². The molecule has 0 aliphatic heterocycles. The monoisotopic (exact) mass is 305 g/mol. The molecule has 0 aliphatic carbocycles. The van der Waals surface area contributed by atoms with Crippen LogP contribution < -0.4 is 0 Å². The van der Waals surface area contributed by atoms with Gasteiger partial charge in [0.2, 0.25) is 0 Å². The van der Waals surface area contributed by atoms with Crippen molar-refractivity contribution >= 4 is 27.3 Å². The highest BCUT2D eigenvalue weighted by molar-refractivity contribution is 7.91. The summed E-state index contributed by atoms with van der Waals surface area (Å²) in [6.45, 7) is 7.57. The lowest BCUT2D eigenvalue weighted by atomic mass is 10.3. The summed E-state index contributed by atoms with van der Waals surface area (Å²) in [5.74, 6) is -1.09. The number of aromatic carboxylic acids is 1. The molecule has 19 heavy (non-hydrogen) atoms. The van der Waals surface area contributed by atoms with E-state index in [1.54, 1.807) is 6.92 Å². The number of thiophene rings is 1. The molecule has 1 rings (SSSR count). The first-order valence-corrected chi connectivity index (χ1v) is 8.33. The summed E-state index contributed by atoms with van der Waals surface area (Å²) in [6.07, 6.45) is 0.716. The maximum absolute atomic E-state index is 12.5. The fourth-order valence-corrected chi connectivity index (χ4v) is 5.02. The van der Waals surface area contributed by atoms with Crippen molar-refractivity contribution in [1.82, 2.24) is 4.31 Å². The summed E-state index contributed by atoms with van der Waals surface area (Å²) in [6, 6.07) is 1.29. The first-order chi connectivity index (χ1) is 8.71. The molecule has 0 spiro atoms. The second kappa shape index (κ2) is 6.02. The Morgan fingerprint density at radius 2 is 2.05 bits per heavy atom. The highest BCUT2D eigenvalue weighted by Gasteiger charge is 2.29. The van der Waals surface area contributed by atoms with Gasteiger partial charge in [0.05, 0.1) is 0 Å². The van der Waals surface area contributed by atoms with Crippen LogP contribution in [-0.4, -0.2) is 36.4 Å². The highest BCUT2D eigenvalue weighted by Crippen LogP contribution is 2.29. The molecule has 5 nitrogen and oxygen atoms in total. The molecule has 0 amide bonds. The first kappa shape index (κ1) is 16.1. The molecule has 0 bridgehead atoms. The van der Waals surface area contributed by atoms with Gasteiger partial charge in [-0.2, -0.15) is 4.31 Å². The standard InChI is InChI=1S/C12H19NO4S2/c1-5-6-13(8(2)3)19(16,17)10-7-9(4)11(18-10)12(14)15/h7-8H,5-6H2,1-4H3,(H,14,15). The maximum Gasteiger partial charge on any atom is 0.346 e. The van der Waals surface area contributed by atoms with Gasteiger partial charge in [-0.15, -0.1) is 11.3 Å². The lowest BCUT2D eigenvalue weighted by Crippen LogP contribution is -2.37. The summed E-state index contributed by atoms with van der Waals surface area (Å²) in [4.78, 5) is 11.1. The molecule has 0 saturated carbocycles. The van der Waals surface area contributed by atoms with E-state index in [4.69, 9.17) is 5.11 Å². The van der Waals surface area contributed by atoms with E-state index >= 15 is 0 Å². The number of carboxylic acids is 1. The zero-order valence-electron chi connectivity index (χ0n) is 11.5. The quantitative estimate of drug-likeness (QED) is 0.876. The Morgan fingerprint density at radius 3 is 2.42 bits per heavy atom. The number of nitrogens with zero attached hydrogens (tertiary/aromatic N) is 1. The maximum atomic E-state index is 12.5. The number of sulfonamides is 1. The van der Waals surface area contributed by atoms with Crippen molar-refractivity contribution in [3.63, 3.8) is 0 Å². The molecule has 0 fully saturated rings. The summed E-state index contributed by atoms with van der Waals surface area (Å²) >= 11 is 0.817. The van der Waals surface area contributed by atoms with Crippen LogP contribution in [0, 0.1) is 6.92 Å². The summed E-state index contributed by atoms with van der Waals surface area (Å²) < 4.78 is 26.5. The predicted molar refractivity (Wildman–Crippen MR) is 75.3 cm³/mol. The van der Waals surface area contributed by atoms with Crippen LogP contribution in [0.5, 0.6) is 0 Å². The average Bonchev–Trinajstić information content (AvgIpc) is 2.68. The van der Waals surface area contributed by atoms with E-state index in [0.717, 1.165) is 11.3 Å². The SMILES string of the molecule is CCCN(C(C)C)S(=O)(=O)c1cc(C)c(C(=O)O)s1. The Labute approximate surface area is 117 Å². The lowest BCUT2D eigenvalue weighted by Gasteiger charge is -2.24. The number of hydrogen-bond acceptors (Lipinski definition) is 4. The molecule has 0 aromatic carbocycles. The molecule has 108 valence electrons. The van der Waals surface area contributed by atoms with Gasteiger partial charge < -0.3 is 5.11 Å². The molecule has 0 unspecified atom stereocenters. The van der Waals surface area contributed by atoms with Gasteiger partial charge in [0, 0.05) is 12.6 Å². The van der Waals surface area contributed by atoms with Crippen LogP contribution >= 0.6 is 11.3 Å². The summed E-state index contributed by atoms with van der Waals surface area (Å²) in [5.41, 5.74) is 0.483. The number of rotatable bonds is 6. The third-order valence-electron chi connectivity index (χ3n) is 2.67. The van der Waals surface area contributed by atoms with Gasteiger partial charge in [0.25, 0.3) is 10.0 Å².